The van der Waals surface area contributed by atoms with Crippen LogP contribution in [0.4, 0.5) is 0 Å². The number of ketones is 1. The minimum absolute atomic E-state index is 0.0288. The van der Waals surface area contributed by atoms with Crippen molar-refractivity contribution in [3.8, 4) is 11.5 Å². The number of hydrogen-bond donors (Lipinski definition) is 1. The number of aromatic nitrogens is 2. The van der Waals surface area contributed by atoms with Crippen LogP contribution in [0.3, 0.4) is 0 Å². The fourth-order valence-corrected chi connectivity index (χ4v) is 4.32. The summed E-state index contributed by atoms with van der Waals surface area (Å²) in [6.07, 6.45) is 3.27. The molecule has 3 heterocycles. The average molecular weight is 391 g/mol. The fraction of sp³-hybridized carbons (Fsp3) is 0.318. The molecule has 1 saturated heterocycles. The predicted octanol–water partition coefficient (Wildman–Crippen LogP) is 3.21. The van der Waals surface area contributed by atoms with Gasteiger partial charge in [0.1, 0.15) is 17.1 Å². The molecule has 0 radical (unpaired) electrons. The number of aromatic amines is 1. The van der Waals surface area contributed by atoms with Crippen LogP contribution in [0.5, 0.6) is 11.5 Å². The quantitative estimate of drug-likeness (QED) is 0.725. The van der Waals surface area contributed by atoms with Gasteiger partial charge in [-0.3, -0.25) is 14.7 Å². The largest absolute Gasteiger partial charge is 0.497 e. The molecule has 0 atom stereocenters. The Kier molecular flexibility index (Phi) is 4.04. The number of Topliss-reactive ketones (excluding diaryl/α,β-unsaturated/α-hetero) is 1. The van der Waals surface area contributed by atoms with E-state index in [1.807, 2.05) is 23.1 Å². The van der Waals surface area contributed by atoms with Gasteiger partial charge in [-0.2, -0.15) is 5.10 Å². The SMILES string of the molecule is COc1ccc2c(c1)OC1(CCN(C(=O)c3cccc4cn[nH]c34)CC1)CC2=O. The summed E-state index contributed by atoms with van der Waals surface area (Å²) in [5.41, 5.74) is 1.41. The topological polar surface area (TPSA) is 84.5 Å². The van der Waals surface area contributed by atoms with E-state index in [1.165, 1.54) is 0 Å². The van der Waals surface area contributed by atoms with Crippen LogP contribution >= 0.6 is 0 Å². The van der Waals surface area contributed by atoms with Crippen molar-refractivity contribution in [3.63, 3.8) is 0 Å². The van der Waals surface area contributed by atoms with Gasteiger partial charge in [-0.05, 0) is 18.2 Å². The first kappa shape index (κ1) is 17.7. The van der Waals surface area contributed by atoms with Gasteiger partial charge in [-0.15, -0.1) is 0 Å². The molecule has 1 fully saturated rings. The second kappa shape index (κ2) is 6.62. The summed E-state index contributed by atoms with van der Waals surface area (Å²) in [6, 6.07) is 10.9. The standard InChI is InChI=1S/C22H21N3O4/c1-28-15-5-6-16-18(26)12-22(29-19(16)11-15)7-9-25(10-8-22)21(27)17-4-2-3-14-13-23-24-20(14)17/h2-6,11,13H,7-10,12H2,1H3,(H,23,24). The van der Waals surface area contributed by atoms with Crippen molar-refractivity contribution < 1.29 is 19.1 Å². The zero-order valence-corrected chi connectivity index (χ0v) is 16.1. The van der Waals surface area contributed by atoms with E-state index in [1.54, 1.807) is 31.5 Å². The predicted molar refractivity (Wildman–Crippen MR) is 107 cm³/mol. The van der Waals surface area contributed by atoms with Crippen LogP contribution in [0.1, 0.15) is 40.0 Å². The monoisotopic (exact) mass is 391 g/mol. The summed E-state index contributed by atoms with van der Waals surface area (Å²) < 4.78 is 11.6. The fourth-order valence-electron chi connectivity index (χ4n) is 4.32. The molecule has 29 heavy (non-hydrogen) atoms. The second-order valence-electron chi connectivity index (χ2n) is 7.68. The highest BCUT2D eigenvalue weighted by molar-refractivity contribution is 6.05. The summed E-state index contributed by atoms with van der Waals surface area (Å²) in [5.74, 6) is 1.28. The van der Waals surface area contributed by atoms with E-state index in [2.05, 4.69) is 10.2 Å². The molecule has 0 bridgehead atoms. The first-order valence-corrected chi connectivity index (χ1v) is 9.70. The van der Waals surface area contributed by atoms with Crippen LogP contribution in [0.2, 0.25) is 0 Å². The van der Waals surface area contributed by atoms with Crippen molar-refractivity contribution in [2.45, 2.75) is 24.9 Å². The maximum atomic E-state index is 13.1. The van der Waals surface area contributed by atoms with E-state index in [0.29, 0.717) is 55.0 Å². The van der Waals surface area contributed by atoms with Crippen molar-refractivity contribution >= 4 is 22.6 Å². The molecule has 1 amide bonds. The van der Waals surface area contributed by atoms with Crippen molar-refractivity contribution in [1.82, 2.24) is 15.1 Å². The highest BCUT2D eigenvalue weighted by atomic mass is 16.5. The molecule has 2 aromatic carbocycles. The van der Waals surface area contributed by atoms with Gasteiger partial charge in [0, 0.05) is 37.4 Å². The Morgan fingerprint density at radius 1 is 1.24 bits per heavy atom. The van der Waals surface area contributed by atoms with Crippen molar-refractivity contribution in [2.75, 3.05) is 20.2 Å². The van der Waals surface area contributed by atoms with Crippen molar-refractivity contribution in [1.29, 1.82) is 0 Å². The minimum atomic E-state index is -0.562. The third-order valence-corrected chi connectivity index (χ3v) is 5.97. The molecule has 1 aromatic heterocycles. The first-order chi connectivity index (χ1) is 14.1. The molecule has 0 aliphatic carbocycles. The molecule has 2 aliphatic heterocycles. The number of ether oxygens (including phenoxy) is 2. The van der Waals surface area contributed by atoms with Gasteiger partial charge in [0.15, 0.2) is 5.78 Å². The van der Waals surface area contributed by atoms with Crippen molar-refractivity contribution in [2.24, 2.45) is 0 Å². The number of H-pyrrole nitrogens is 1. The maximum Gasteiger partial charge on any atom is 0.256 e. The van der Waals surface area contributed by atoms with E-state index in [9.17, 15) is 9.59 Å². The third kappa shape index (κ3) is 2.93. The summed E-state index contributed by atoms with van der Waals surface area (Å²) in [5, 5.41) is 7.87. The maximum absolute atomic E-state index is 13.1. The van der Waals surface area contributed by atoms with Gasteiger partial charge in [-0.25, -0.2) is 0 Å². The van der Waals surface area contributed by atoms with Gasteiger partial charge < -0.3 is 14.4 Å². The van der Waals surface area contributed by atoms with Crippen LogP contribution in [-0.2, 0) is 0 Å². The first-order valence-electron chi connectivity index (χ1n) is 9.70. The molecule has 7 heteroatoms. The number of methoxy groups -OCH3 is 1. The average Bonchev–Trinajstić information content (AvgIpc) is 3.22. The number of fused-ring (bicyclic) bond motifs is 2. The smallest absolute Gasteiger partial charge is 0.256 e. The lowest BCUT2D eigenvalue weighted by atomic mass is 9.82. The van der Waals surface area contributed by atoms with Gasteiger partial charge in [0.25, 0.3) is 5.91 Å². The lowest BCUT2D eigenvalue weighted by molar-refractivity contribution is -0.00576. The van der Waals surface area contributed by atoms with Crippen LogP contribution < -0.4 is 9.47 Å². The summed E-state index contributed by atoms with van der Waals surface area (Å²) in [7, 11) is 1.59. The second-order valence-corrected chi connectivity index (χ2v) is 7.68. The number of para-hydroxylation sites is 1. The molecule has 0 unspecified atom stereocenters. The Balaban J connectivity index is 1.35. The molecule has 2 aliphatic rings. The van der Waals surface area contributed by atoms with Crippen LogP contribution in [0, 0.1) is 0 Å². The molecule has 1 spiro atoms. The van der Waals surface area contributed by atoms with E-state index >= 15 is 0 Å². The number of rotatable bonds is 2. The van der Waals surface area contributed by atoms with Crippen LogP contribution in [0.15, 0.2) is 42.6 Å². The highest BCUT2D eigenvalue weighted by Crippen LogP contribution is 2.41. The summed E-state index contributed by atoms with van der Waals surface area (Å²) in [6.45, 7) is 1.08. The Morgan fingerprint density at radius 2 is 2.07 bits per heavy atom. The van der Waals surface area contributed by atoms with E-state index in [-0.39, 0.29) is 11.7 Å². The Bertz CT molecular complexity index is 1110. The molecular formula is C22H21N3O4. The number of benzene rings is 2. The zero-order valence-electron chi connectivity index (χ0n) is 16.1. The molecule has 0 saturated carbocycles. The number of carbonyl (C=O) groups is 2. The molecule has 5 rings (SSSR count). The lowest BCUT2D eigenvalue weighted by Gasteiger charge is -2.44. The highest BCUT2D eigenvalue weighted by Gasteiger charge is 2.44. The number of amides is 1. The Morgan fingerprint density at radius 3 is 2.86 bits per heavy atom. The summed E-state index contributed by atoms with van der Waals surface area (Å²) >= 11 is 0. The van der Waals surface area contributed by atoms with Gasteiger partial charge in [-0.1, -0.05) is 12.1 Å². The zero-order chi connectivity index (χ0) is 20.0. The van der Waals surface area contributed by atoms with E-state index in [0.717, 1.165) is 10.9 Å². The number of hydrogen-bond acceptors (Lipinski definition) is 5. The van der Waals surface area contributed by atoms with Gasteiger partial charge in [0.05, 0.1) is 36.4 Å². The number of likely N-dealkylation sites (tertiary alicyclic amines) is 1. The molecule has 7 nitrogen and oxygen atoms in total. The summed E-state index contributed by atoms with van der Waals surface area (Å²) in [4.78, 5) is 27.6. The van der Waals surface area contributed by atoms with Crippen LogP contribution in [-0.4, -0.2) is 52.6 Å². The number of piperidine rings is 1. The van der Waals surface area contributed by atoms with Gasteiger partial charge >= 0.3 is 0 Å². The number of carbonyl (C=O) groups excluding carboxylic acids is 2. The van der Waals surface area contributed by atoms with Gasteiger partial charge in [0.2, 0.25) is 0 Å². The molecule has 148 valence electrons. The normalized spacial score (nSPS) is 17.8. The Labute approximate surface area is 167 Å². The number of nitrogens with one attached hydrogen (secondary N) is 1. The molecule has 1 N–H and O–H groups in total. The van der Waals surface area contributed by atoms with E-state index < -0.39 is 5.60 Å². The number of nitrogens with zero attached hydrogens (tertiary/aromatic N) is 2. The van der Waals surface area contributed by atoms with Crippen molar-refractivity contribution in [3.05, 3.63) is 53.7 Å². The lowest BCUT2D eigenvalue weighted by Crippen LogP contribution is -2.52. The minimum Gasteiger partial charge on any atom is -0.497 e. The van der Waals surface area contributed by atoms with E-state index in [4.69, 9.17) is 9.47 Å². The van der Waals surface area contributed by atoms with Crippen LogP contribution in [0.25, 0.3) is 10.9 Å². The molecular weight excluding hydrogens is 370 g/mol. The Hall–Kier alpha value is -3.35. The molecule has 3 aromatic rings. The third-order valence-electron chi connectivity index (χ3n) is 5.97.